The van der Waals surface area contributed by atoms with E-state index in [1.807, 2.05) is 19.1 Å². The monoisotopic (exact) mass is 422 g/mol. The first-order valence-corrected chi connectivity index (χ1v) is 9.40. The minimum Gasteiger partial charge on any atom is -0.493 e. The van der Waals surface area contributed by atoms with Gasteiger partial charge in [0, 0.05) is 10.6 Å². The van der Waals surface area contributed by atoms with E-state index in [1.54, 1.807) is 54.6 Å². The van der Waals surface area contributed by atoms with Gasteiger partial charge in [-0.05, 0) is 67.1 Å². The Kier molecular flexibility index (Phi) is 6.83. The average Bonchev–Trinajstić information content (AvgIpc) is 2.75. The summed E-state index contributed by atoms with van der Waals surface area (Å²) in [6.45, 7) is 1.94. The molecule has 152 valence electrons. The first-order chi connectivity index (χ1) is 14.5. The van der Waals surface area contributed by atoms with Crippen LogP contribution < -0.4 is 14.9 Å². The van der Waals surface area contributed by atoms with Crippen LogP contribution in [0.4, 0.5) is 0 Å². The molecule has 1 N–H and O–H groups in total. The summed E-state index contributed by atoms with van der Waals surface area (Å²) in [6, 6.07) is 18.5. The second-order valence-electron chi connectivity index (χ2n) is 6.37. The van der Waals surface area contributed by atoms with Crippen molar-refractivity contribution in [2.75, 3.05) is 7.11 Å². The maximum Gasteiger partial charge on any atom is 0.343 e. The molecular formula is C23H19ClN2O4. The molecule has 0 saturated heterocycles. The van der Waals surface area contributed by atoms with Crippen molar-refractivity contribution in [3.05, 3.63) is 94.0 Å². The highest BCUT2D eigenvalue weighted by Gasteiger charge is 2.12. The molecule has 7 heteroatoms. The molecule has 0 bridgehead atoms. The predicted molar refractivity (Wildman–Crippen MR) is 116 cm³/mol. The molecule has 3 aromatic rings. The number of hydrazone groups is 1. The minimum absolute atomic E-state index is 0.283. The number of halogens is 1. The fourth-order valence-electron chi connectivity index (χ4n) is 2.53. The van der Waals surface area contributed by atoms with Crippen molar-refractivity contribution >= 4 is 29.7 Å². The van der Waals surface area contributed by atoms with Gasteiger partial charge in [-0.3, -0.25) is 4.79 Å². The molecule has 0 aliphatic carbocycles. The van der Waals surface area contributed by atoms with Crippen LogP contribution in [-0.2, 0) is 0 Å². The van der Waals surface area contributed by atoms with Gasteiger partial charge in [0.15, 0.2) is 11.5 Å². The predicted octanol–water partition coefficient (Wildman–Crippen LogP) is 4.64. The van der Waals surface area contributed by atoms with E-state index in [0.717, 1.165) is 5.56 Å². The van der Waals surface area contributed by atoms with Crippen LogP contribution in [0.3, 0.4) is 0 Å². The third kappa shape index (κ3) is 5.46. The number of aryl methyl sites for hydroxylation is 1. The fraction of sp³-hybridized carbons (Fsp3) is 0.0870. The summed E-state index contributed by atoms with van der Waals surface area (Å²) in [5.74, 6) is -0.197. The maximum atomic E-state index is 12.3. The number of hydrogen-bond donors (Lipinski definition) is 1. The molecule has 0 heterocycles. The van der Waals surface area contributed by atoms with E-state index in [9.17, 15) is 9.59 Å². The van der Waals surface area contributed by atoms with E-state index in [1.165, 1.54) is 13.3 Å². The number of benzene rings is 3. The van der Waals surface area contributed by atoms with Gasteiger partial charge in [0.1, 0.15) is 0 Å². The SMILES string of the molecule is COc1cc(/C=N/NC(=O)c2ccc(Cl)cc2)ccc1OC(=O)c1ccc(C)cc1. The third-order valence-electron chi connectivity index (χ3n) is 4.16. The zero-order valence-corrected chi connectivity index (χ0v) is 17.1. The van der Waals surface area contributed by atoms with Gasteiger partial charge in [0.05, 0.1) is 18.9 Å². The molecule has 3 aromatic carbocycles. The normalized spacial score (nSPS) is 10.6. The zero-order valence-electron chi connectivity index (χ0n) is 16.4. The first-order valence-electron chi connectivity index (χ1n) is 9.02. The summed E-state index contributed by atoms with van der Waals surface area (Å²) in [7, 11) is 1.47. The van der Waals surface area contributed by atoms with Gasteiger partial charge >= 0.3 is 5.97 Å². The van der Waals surface area contributed by atoms with Crippen LogP contribution in [0.1, 0.15) is 31.8 Å². The van der Waals surface area contributed by atoms with Crippen molar-refractivity contribution in [3.8, 4) is 11.5 Å². The van der Waals surface area contributed by atoms with Crippen molar-refractivity contribution in [2.24, 2.45) is 5.10 Å². The van der Waals surface area contributed by atoms with Crippen molar-refractivity contribution in [3.63, 3.8) is 0 Å². The van der Waals surface area contributed by atoms with E-state index < -0.39 is 5.97 Å². The van der Waals surface area contributed by atoms with Crippen LogP contribution in [0, 0.1) is 6.92 Å². The zero-order chi connectivity index (χ0) is 21.5. The molecule has 0 aliphatic heterocycles. The Bertz CT molecular complexity index is 1080. The van der Waals surface area contributed by atoms with Crippen LogP contribution in [0.2, 0.25) is 5.02 Å². The number of hydrogen-bond acceptors (Lipinski definition) is 5. The Morgan fingerprint density at radius 1 is 0.933 bits per heavy atom. The lowest BCUT2D eigenvalue weighted by molar-refractivity contribution is 0.0729. The number of carbonyl (C=O) groups is 2. The topological polar surface area (TPSA) is 77.0 Å². The van der Waals surface area contributed by atoms with E-state index in [4.69, 9.17) is 21.1 Å². The summed E-state index contributed by atoms with van der Waals surface area (Å²) in [6.07, 6.45) is 1.46. The highest BCUT2D eigenvalue weighted by molar-refractivity contribution is 6.30. The molecule has 0 spiro atoms. The molecular weight excluding hydrogens is 404 g/mol. The number of methoxy groups -OCH3 is 1. The second kappa shape index (κ2) is 9.71. The first kappa shape index (κ1) is 21.1. The van der Waals surface area contributed by atoms with Gasteiger partial charge < -0.3 is 9.47 Å². The number of nitrogens with zero attached hydrogens (tertiary/aromatic N) is 1. The smallest absolute Gasteiger partial charge is 0.343 e. The number of rotatable bonds is 6. The van der Waals surface area contributed by atoms with Gasteiger partial charge in [-0.2, -0.15) is 5.10 Å². The van der Waals surface area contributed by atoms with Crippen LogP contribution in [0.5, 0.6) is 11.5 Å². The van der Waals surface area contributed by atoms with Gasteiger partial charge in [0.25, 0.3) is 5.91 Å². The number of nitrogens with one attached hydrogen (secondary N) is 1. The van der Waals surface area contributed by atoms with Crippen molar-refractivity contribution in [1.82, 2.24) is 5.43 Å². The third-order valence-corrected chi connectivity index (χ3v) is 4.42. The Morgan fingerprint density at radius 2 is 1.60 bits per heavy atom. The van der Waals surface area contributed by atoms with Crippen LogP contribution >= 0.6 is 11.6 Å². The van der Waals surface area contributed by atoms with Gasteiger partial charge in [-0.25, -0.2) is 10.2 Å². The summed E-state index contributed by atoms with van der Waals surface area (Å²) >= 11 is 5.81. The van der Waals surface area contributed by atoms with Crippen LogP contribution in [0.25, 0.3) is 0 Å². The van der Waals surface area contributed by atoms with E-state index >= 15 is 0 Å². The second-order valence-corrected chi connectivity index (χ2v) is 6.81. The quantitative estimate of drug-likeness (QED) is 0.272. The number of ether oxygens (including phenoxy) is 2. The summed E-state index contributed by atoms with van der Waals surface area (Å²) in [4.78, 5) is 24.4. The van der Waals surface area contributed by atoms with E-state index in [2.05, 4.69) is 10.5 Å². The Balaban J connectivity index is 1.66. The molecule has 1 amide bonds. The lowest BCUT2D eigenvalue weighted by atomic mass is 10.1. The molecule has 0 saturated carbocycles. The number of esters is 1. The summed E-state index contributed by atoms with van der Waals surface area (Å²) in [5.41, 5.74) is 5.02. The molecule has 0 aliphatic rings. The maximum absolute atomic E-state index is 12.3. The number of carbonyl (C=O) groups excluding carboxylic acids is 2. The van der Waals surface area contributed by atoms with Crippen molar-refractivity contribution < 1.29 is 19.1 Å². The Hall–Kier alpha value is -3.64. The minimum atomic E-state index is -0.482. The highest BCUT2D eigenvalue weighted by atomic mass is 35.5. The number of amides is 1. The lowest BCUT2D eigenvalue weighted by Crippen LogP contribution is -2.17. The summed E-state index contributed by atoms with van der Waals surface area (Å²) in [5, 5.41) is 4.49. The van der Waals surface area contributed by atoms with Crippen molar-refractivity contribution in [1.29, 1.82) is 0 Å². The Labute approximate surface area is 179 Å². The van der Waals surface area contributed by atoms with Gasteiger partial charge in [0.2, 0.25) is 0 Å². The molecule has 30 heavy (non-hydrogen) atoms. The summed E-state index contributed by atoms with van der Waals surface area (Å²) < 4.78 is 10.7. The molecule has 0 fully saturated rings. The van der Waals surface area contributed by atoms with Crippen molar-refractivity contribution in [2.45, 2.75) is 6.92 Å². The molecule has 6 nitrogen and oxygen atoms in total. The van der Waals surface area contributed by atoms with E-state index in [-0.39, 0.29) is 11.7 Å². The standard InChI is InChI=1S/C23H19ClN2O4/c1-15-3-6-18(7-4-15)23(28)30-20-12-5-16(13-21(20)29-2)14-25-26-22(27)17-8-10-19(24)11-9-17/h3-14H,1-2H3,(H,26,27)/b25-14+. The van der Waals surface area contributed by atoms with Crippen LogP contribution in [-0.4, -0.2) is 25.2 Å². The van der Waals surface area contributed by atoms with Gasteiger partial charge in [-0.1, -0.05) is 29.3 Å². The van der Waals surface area contributed by atoms with E-state index in [0.29, 0.717) is 27.5 Å². The van der Waals surface area contributed by atoms with Gasteiger partial charge in [-0.15, -0.1) is 0 Å². The molecule has 0 radical (unpaired) electrons. The molecule has 3 rings (SSSR count). The Morgan fingerprint density at radius 3 is 2.27 bits per heavy atom. The lowest BCUT2D eigenvalue weighted by Gasteiger charge is -2.10. The molecule has 0 unspecified atom stereocenters. The molecule has 0 aromatic heterocycles. The fourth-order valence-corrected chi connectivity index (χ4v) is 2.65. The highest BCUT2D eigenvalue weighted by Crippen LogP contribution is 2.28. The largest absolute Gasteiger partial charge is 0.493 e. The molecule has 0 atom stereocenters. The average molecular weight is 423 g/mol. The van der Waals surface area contributed by atoms with Crippen LogP contribution in [0.15, 0.2) is 71.8 Å².